The summed E-state index contributed by atoms with van der Waals surface area (Å²) < 4.78 is 11.9. The van der Waals surface area contributed by atoms with Crippen LogP contribution in [0.3, 0.4) is 0 Å². The Hall–Kier alpha value is -1.07. The van der Waals surface area contributed by atoms with E-state index in [1.54, 1.807) is 6.07 Å². The topological polar surface area (TPSA) is 68.3 Å². The normalized spacial score (nSPS) is 19.7. The van der Waals surface area contributed by atoms with Crippen LogP contribution in [0.5, 0.6) is 5.75 Å². The number of amidine groups is 1. The second kappa shape index (κ2) is 4.84. The predicted molar refractivity (Wildman–Crippen MR) is 65.0 cm³/mol. The second-order valence-electron chi connectivity index (χ2n) is 3.66. The van der Waals surface area contributed by atoms with Crippen molar-refractivity contribution in [1.82, 2.24) is 0 Å². The molecule has 4 nitrogen and oxygen atoms in total. The van der Waals surface area contributed by atoms with Crippen molar-refractivity contribution in [2.75, 3.05) is 13.2 Å². The van der Waals surface area contributed by atoms with Crippen molar-refractivity contribution < 1.29 is 9.47 Å². The zero-order valence-corrected chi connectivity index (χ0v) is 10.3. The molecule has 5 heteroatoms. The quantitative estimate of drug-likeness (QED) is 0.658. The third kappa shape index (κ3) is 2.54. The molecule has 0 amide bonds. The van der Waals surface area contributed by atoms with E-state index >= 15 is 0 Å². The summed E-state index contributed by atoms with van der Waals surface area (Å²) >= 11 is 3.34. The zero-order valence-electron chi connectivity index (χ0n) is 8.70. The van der Waals surface area contributed by atoms with Crippen molar-refractivity contribution in [3.63, 3.8) is 0 Å². The fourth-order valence-electron chi connectivity index (χ4n) is 1.60. The van der Waals surface area contributed by atoms with Gasteiger partial charge in [-0.3, -0.25) is 5.41 Å². The summed E-state index contributed by atoms with van der Waals surface area (Å²) in [6.07, 6.45) is 0.951. The summed E-state index contributed by atoms with van der Waals surface area (Å²) in [6.45, 7) is 1.34. The summed E-state index contributed by atoms with van der Waals surface area (Å²) in [5, 5.41) is 7.49. The van der Waals surface area contributed by atoms with Gasteiger partial charge in [0, 0.05) is 10.9 Å². The van der Waals surface area contributed by atoms with Gasteiger partial charge in [-0.25, -0.2) is 0 Å². The molecular weight excluding hydrogens is 272 g/mol. The average Bonchev–Trinajstić information content (AvgIpc) is 2.73. The highest BCUT2D eigenvalue weighted by atomic mass is 79.9. The molecule has 16 heavy (non-hydrogen) atoms. The number of nitrogens with two attached hydrogens (primary N) is 1. The van der Waals surface area contributed by atoms with Crippen molar-refractivity contribution in [2.24, 2.45) is 5.73 Å². The van der Waals surface area contributed by atoms with E-state index in [1.165, 1.54) is 0 Å². The van der Waals surface area contributed by atoms with Crippen molar-refractivity contribution in [2.45, 2.75) is 12.5 Å². The first-order valence-corrected chi connectivity index (χ1v) is 5.84. The van der Waals surface area contributed by atoms with Crippen LogP contribution in [0.2, 0.25) is 0 Å². The lowest BCUT2D eigenvalue weighted by Gasteiger charge is -2.15. The molecule has 1 aromatic rings. The van der Waals surface area contributed by atoms with Crippen molar-refractivity contribution in [3.05, 3.63) is 28.2 Å². The van der Waals surface area contributed by atoms with Crippen LogP contribution in [0.4, 0.5) is 0 Å². The molecule has 86 valence electrons. The SMILES string of the molecule is N=C(N)c1cc(Br)ccc1OC1CCOC1. The molecule has 1 aliphatic heterocycles. The Bertz CT molecular complexity index is 403. The molecule has 2 rings (SSSR count). The molecule has 0 radical (unpaired) electrons. The minimum atomic E-state index is 0.00946. The largest absolute Gasteiger partial charge is 0.487 e. The molecule has 0 aliphatic carbocycles. The average molecular weight is 285 g/mol. The molecule has 1 saturated heterocycles. The predicted octanol–water partition coefficient (Wildman–Crippen LogP) is 1.90. The van der Waals surface area contributed by atoms with Gasteiger partial charge in [0.05, 0.1) is 18.8 Å². The molecular formula is C11H13BrN2O2. The third-order valence-corrected chi connectivity index (χ3v) is 2.91. The Morgan fingerprint density at radius 3 is 3.00 bits per heavy atom. The molecule has 0 saturated carbocycles. The molecule has 1 heterocycles. The fraction of sp³-hybridized carbons (Fsp3) is 0.364. The van der Waals surface area contributed by atoms with Gasteiger partial charge < -0.3 is 15.2 Å². The van der Waals surface area contributed by atoms with Crippen LogP contribution in [0, 0.1) is 5.41 Å². The van der Waals surface area contributed by atoms with Crippen LogP contribution >= 0.6 is 15.9 Å². The minimum Gasteiger partial charge on any atom is -0.487 e. The van der Waals surface area contributed by atoms with Crippen LogP contribution in [0.1, 0.15) is 12.0 Å². The fourth-order valence-corrected chi connectivity index (χ4v) is 1.96. The lowest BCUT2D eigenvalue weighted by molar-refractivity contribution is 0.141. The first-order chi connectivity index (χ1) is 7.66. The number of hydrogen-bond donors (Lipinski definition) is 2. The Balaban J connectivity index is 2.21. The first kappa shape index (κ1) is 11.4. The van der Waals surface area contributed by atoms with Crippen LogP contribution in [-0.2, 0) is 4.74 Å². The molecule has 1 atom stereocenters. The van der Waals surface area contributed by atoms with Crippen molar-refractivity contribution >= 4 is 21.8 Å². The molecule has 3 N–H and O–H groups in total. The van der Waals surface area contributed by atoms with E-state index in [-0.39, 0.29) is 11.9 Å². The van der Waals surface area contributed by atoms with Gasteiger partial charge in [-0.15, -0.1) is 0 Å². The number of nitrogens with one attached hydrogen (secondary N) is 1. The molecule has 0 bridgehead atoms. The van der Waals surface area contributed by atoms with Crippen molar-refractivity contribution in [3.8, 4) is 5.75 Å². The zero-order chi connectivity index (χ0) is 11.5. The molecule has 1 unspecified atom stereocenters. The first-order valence-electron chi connectivity index (χ1n) is 5.05. The number of rotatable bonds is 3. The van der Waals surface area contributed by atoms with Gasteiger partial charge in [-0.2, -0.15) is 0 Å². The van der Waals surface area contributed by atoms with Gasteiger partial charge in [0.15, 0.2) is 0 Å². The van der Waals surface area contributed by atoms with Gasteiger partial charge in [-0.1, -0.05) is 15.9 Å². The minimum absolute atomic E-state index is 0.00946. The van der Waals surface area contributed by atoms with Gasteiger partial charge >= 0.3 is 0 Å². The van der Waals surface area contributed by atoms with E-state index in [1.807, 2.05) is 12.1 Å². The van der Waals surface area contributed by atoms with E-state index in [0.717, 1.165) is 17.5 Å². The molecule has 1 aliphatic rings. The van der Waals surface area contributed by atoms with Gasteiger partial charge in [0.2, 0.25) is 0 Å². The summed E-state index contributed by atoms with van der Waals surface area (Å²) in [5.41, 5.74) is 6.12. The lowest BCUT2D eigenvalue weighted by atomic mass is 10.2. The van der Waals surface area contributed by atoms with Gasteiger partial charge in [-0.05, 0) is 18.2 Å². The Morgan fingerprint density at radius 1 is 1.56 bits per heavy atom. The summed E-state index contributed by atoms with van der Waals surface area (Å²) in [4.78, 5) is 0. The molecule has 0 spiro atoms. The maximum Gasteiger partial charge on any atom is 0.130 e. The van der Waals surface area contributed by atoms with Gasteiger partial charge in [0.25, 0.3) is 0 Å². The van der Waals surface area contributed by atoms with Crippen LogP contribution in [0.25, 0.3) is 0 Å². The number of ether oxygens (including phenoxy) is 2. The number of hydrogen-bond acceptors (Lipinski definition) is 3. The molecule has 1 aromatic carbocycles. The van der Waals surface area contributed by atoms with E-state index in [2.05, 4.69) is 15.9 Å². The maximum atomic E-state index is 7.49. The Labute approximate surface area is 102 Å². The monoisotopic (exact) mass is 284 g/mol. The standard InChI is InChI=1S/C11H13BrN2O2/c12-7-1-2-10(9(5-7)11(13)14)16-8-3-4-15-6-8/h1-2,5,8H,3-4,6H2,(H3,13,14). The van der Waals surface area contributed by atoms with E-state index in [9.17, 15) is 0 Å². The molecule has 1 fully saturated rings. The van der Waals surface area contributed by atoms with E-state index in [4.69, 9.17) is 20.6 Å². The summed E-state index contributed by atoms with van der Waals surface area (Å²) in [5.74, 6) is 0.654. The number of nitrogen functional groups attached to an aromatic ring is 1. The van der Waals surface area contributed by atoms with E-state index in [0.29, 0.717) is 17.9 Å². The Morgan fingerprint density at radius 2 is 2.38 bits per heavy atom. The third-order valence-electron chi connectivity index (χ3n) is 2.41. The van der Waals surface area contributed by atoms with E-state index < -0.39 is 0 Å². The highest BCUT2D eigenvalue weighted by Gasteiger charge is 2.19. The van der Waals surface area contributed by atoms with Crippen LogP contribution < -0.4 is 10.5 Å². The summed E-state index contributed by atoms with van der Waals surface area (Å²) in [6, 6.07) is 5.48. The number of halogens is 1. The highest BCUT2D eigenvalue weighted by Crippen LogP contribution is 2.25. The maximum absolute atomic E-state index is 7.49. The second-order valence-corrected chi connectivity index (χ2v) is 4.57. The smallest absolute Gasteiger partial charge is 0.130 e. The lowest BCUT2D eigenvalue weighted by Crippen LogP contribution is -2.19. The van der Waals surface area contributed by atoms with Gasteiger partial charge in [0.1, 0.15) is 17.7 Å². The molecule has 0 aromatic heterocycles. The van der Waals surface area contributed by atoms with Crippen LogP contribution in [0.15, 0.2) is 22.7 Å². The van der Waals surface area contributed by atoms with Crippen molar-refractivity contribution in [1.29, 1.82) is 5.41 Å². The van der Waals surface area contributed by atoms with Crippen LogP contribution in [-0.4, -0.2) is 25.2 Å². The number of benzene rings is 1. The Kier molecular flexibility index (Phi) is 3.46. The highest BCUT2D eigenvalue weighted by molar-refractivity contribution is 9.10. The summed E-state index contributed by atoms with van der Waals surface area (Å²) in [7, 11) is 0.